The first-order valence-electron chi connectivity index (χ1n) is 11.3. The highest BCUT2D eigenvalue weighted by Crippen LogP contribution is 2.36. The molecule has 4 rings (SSSR count). The molecule has 0 aromatic heterocycles. The van der Waals surface area contributed by atoms with Crippen LogP contribution in [0.1, 0.15) is 30.0 Å². The van der Waals surface area contributed by atoms with Crippen LogP contribution >= 0.6 is 11.8 Å². The number of rotatable bonds is 8. The van der Waals surface area contributed by atoms with Gasteiger partial charge in [0.05, 0.1) is 15.5 Å². The lowest BCUT2D eigenvalue weighted by Crippen LogP contribution is -2.29. The third kappa shape index (κ3) is 5.96. The highest BCUT2D eigenvalue weighted by molar-refractivity contribution is 8.18. The number of amides is 1. The van der Waals surface area contributed by atoms with E-state index in [2.05, 4.69) is 0 Å². The van der Waals surface area contributed by atoms with Gasteiger partial charge in [0.2, 0.25) is 0 Å². The van der Waals surface area contributed by atoms with E-state index in [4.69, 9.17) is 9.73 Å². The first-order chi connectivity index (χ1) is 16.9. The van der Waals surface area contributed by atoms with Crippen LogP contribution in [-0.2, 0) is 11.4 Å². The Labute approximate surface area is 208 Å². The zero-order valence-corrected chi connectivity index (χ0v) is 20.3. The van der Waals surface area contributed by atoms with Crippen molar-refractivity contribution < 1.29 is 14.5 Å². The summed E-state index contributed by atoms with van der Waals surface area (Å²) in [6.07, 6.45) is 2.65. The third-order valence-corrected chi connectivity index (χ3v) is 6.35. The SMILES string of the molecule is CCCN1C(=O)/C(=C\c2ccccc2OCc2ccc([N+](=O)[O-])cc2)SC1=Nc1ccc(C)cc1. The molecule has 0 unspecified atom stereocenters. The summed E-state index contributed by atoms with van der Waals surface area (Å²) >= 11 is 1.36. The van der Waals surface area contributed by atoms with Gasteiger partial charge >= 0.3 is 0 Å². The average molecular weight is 488 g/mol. The number of thioether (sulfide) groups is 1. The number of para-hydroxylation sites is 1. The van der Waals surface area contributed by atoms with Crippen molar-refractivity contribution in [1.82, 2.24) is 4.90 Å². The molecule has 3 aromatic rings. The Kier molecular flexibility index (Phi) is 7.62. The summed E-state index contributed by atoms with van der Waals surface area (Å²) in [6.45, 7) is 4.90. The van der Waals surface area contributed by atoms with Gasteiger partial charge < -0.3 is 4.74 Å². The van der Waals surface area contributed by atoms with Crippen molar-refractivity contribution in [3.05, 3.63) is 105 Å². The average Bonchev–Trinajstić information content (AvgIpc) is 3.14. The van der Waals surface area contributed by atoms with Crippen LogP contribution in [0.4, 0.5) is 11.4 Å². The van der Waals surface area contributed by atoms with Crippen LogP contribution in [0.15, 0.2) is 82.7 Å². The summed E-state index contributed by atoms with van der Waals surface area (Å²) in [4.78, 5) is 30.6. The molecule has 1 aliphatic rings. The van der Waals surface area contributed by atoms with Gasteiger partial charge in [-0.3, -0.25) is 19.8 Å². The van der Waals surface area contributed by atoms with Gasteiger partial charge in [-0.2, -0.15) is 0 Å². The number of nitrogens with zero attached hydrogens (tertiary/aromatic N) is 3. The molecule has 0 saturated carbocycles. The lowest BCUT2D eigenvalue weighted by molar-refractivity contribution is -0.384. The quantitative estimate of drug-likeness (QED) is 0.206. The summed E-state index contributed by atoms with van der Waals surface area (Å²) in [5, 5.41) is 11.5. The fraction of sp³-hybridized carbons (Fsp3) is 0.185. The van der Waals surface area contributed by atoms with Crippen molar-refractivity contribution in [2.45, 2.75) is 26.9 Å². The minimum atomic E-state index is -0.430. The monoisotopic (exact) mass is 487 g/mol. The zero-order chi connectivity index (χ0) is 24.8. The summed E-state index contributed by atoms with van der Waals surface area (Å²) in [6, 6.07) is 21.6. The van der Waals surface area contributed by atoms with Gasteiger partial charge in [-0.05, 0) is 67.1 Å². The molecule has 7 nitrogen and oxygen atoms in total. The number of hydrogen-bond donors (Lipinski definition) is 0. The summed E-state index contributed by atoms with van der Waals surface area (Å²) < 4.78 is 6.00. The standard InChI is InChI=1S/C27H25N3O4S/c1-3-16-29-26(31)25(35-27(29)28-22-12-8-19(2)9-13-22)17-21-6-4-5-7-24(21)34-18-20-10-14-23(15-11-20)30(32)33/h4-15,17H,3,16,18H2,1-2H3/b25-17+,28-27?. The van der Waals surface area contributed by atoms with E-state index >= 15 is 0 Å². The zero-order valence-electron chi connectivity index (χ0n) is 19.5. The Balaban J connectivity index is 1.56. The molecular weight excluding hydrogens is 462 g/mol. The first-order valence-corrected chi connectivity index (χ1v) is 12.1. The van der Waals surface area contributed by atoms with E-state index in [-0.39, 0.29) is 18.2 Å². The molecule has 1 fully saturated rings. The topological polar surface area (TPSA) is 85.0 Å². The van der Waals surface area contributed by atoms with Gasteiger partial charge in [0, 0.05) is 24.2 Å². The Morgan fingerprint density at radius 3 is 2.46 bits per heavy atom. The molecule has 3 aromatic carbocycles. The molecule has 178 valence electrons. The van der Waals surface area contributed by atoms with Gasteiger partial charge in [-0.1, -0.05) is 42.8 Å². The second-order valence-electron chi connectivity index (χ2n) is 8.05. The Morgan fingerprint density at radius 1 is 1.06 bits per heavy atom. The maximum atomic E-state index is 13.2. The number of non-ortho nitro benzene ring substituents is 1. The number of carbonyl (C=O) groups is 1. The van der Waals surface area contributed by atoms with Crippen molar-refractivity contribution in [2.24, 2.45) is 4.99 Å². The Bertz CT molecular complexity index is 1280. The van der Waals surface area contributed by atoms with E-state index in [1.54, 1.807) is 17.0 Å². The molecule has 35 heavy (non-hydrogen) atoms. The van der Waals surface area contributed by atoms with Gasteiger partial charge in [0.1, 0.15) is 12.4 Å². The second-order valence-corrected chi connectivity index (χ2v) is 9.06. The van der Waals surface area contributed by atoms with Crippen molar-refractivity contribution in [2.75, 3.05) is 6.54 Å². The predicted octanol–water partition coefficient (Wildman–Crippen LogP) is 6.50. The second kappa shape index (κ2) is 11.0. The number of hydrogen-bond acceptors (Lipinski definition) is 6. The van der Waals surface area contributed by atoms with Crippen LogP contribution in [0.2, 0.25) is 0 Å². The van der Waals surface area contributed by atoms with Crippen LogP contribution < -0.4 is 4.74 Å². The van der Waals surface area contributed by atoms with Gasteiger partial charge in [0.25, 0.3) is 11.6 Å². The molecule has 1 saturated heterocycles. The molecule has 1 heterocycles. The molecule has 8 heteroatoms. The lowest BCUT2D eigenvalue weighted by atomic mass is 10.1. The summed E-state index contributed by atoms with van der Waals surface area (Å²) in [5.74, 6) is 0.547. The summed E-state index contributed by atoms with van der Waals surface area (Å²) in [5.41, 5.74) is 3.58. The van der Waals surface area contributed by atoms with E-state index in [9.17, 15) is 14.9 Å². The molecule has 0 aliphatic carbocycles. The minimum absolute atomic E-state index is 0.0374. The highest BCUT2D eigenvalue weighted by atomic mass is 32.2. The number of amidine groups is 1. The molecule has 0 N–H and O–H groups in total. The summed E-state index contributed by atoms with van der Waals surface area (Å²) in [7, 11) is 0. The van der Waals surface area contributed by atoms with Crippen LogP contribution in [0.3, 0.4) is 0 Å². The van der Waals surface area contributed by atoms with E-state index in [0.717, 1.165) is 28.8 Å². The smallest absolute Gasteiger partial charge is 0.269 e. The van der Waals surface area contributed by atoms with Gasteiger partial charge in [-0.25, -0.2) is 4.99 Å². The molecule has 0 atom stereocenters. The number of nitro groups is 1. The molecular formula is C27H25N3O4S. The number of ether oxygens (including phenoxy) is 1. The molecule has 1 amide bonds. The van der Waals surface area contributed by atoms with Gasteiger partial charge in [-0.15, -0.1) is 0 Å². The van der Waals surface area contributed by atoms with Crippen molar-refractivity contribution in [3.63, 3.8) is 0 Å². The maximum Gasteiger partial charge on any atom is 0.269 e. The Morgan fingerprint density at radius 2 is 1.77 bits per heavy atom. The van der Waals surface area contributed by atoms with Gasteiger partial charge in [0.15, 0.2) is 5.17 Å². The van der Waals surface area contributed by atoms with E-state index in [0.29, 0.717) is 22.4 Å². The van der Waals surface area contributed by atoms with E-state index in [1.807, 2.05) is 68.5 Å². The minimum Gasteiger partial charge on any atom is -0.488 e. The number of carbonyl (C=O) groups excluding carboxylic acids is 1. The largest absolute Gasteiger partial charge is 0.488 e. The fourth-order valence-corrected chi connectivity index (χ4v) is 4.50. The number of aliphatic imine (C=N–C) groups is 1. The number of aryl methyl sites for hydroxylation is 1. The Hall–Kier alpha value is -3.91. The lowest BCUT2D eigenvalue weighted by Gasteiger charge is -2.14. The normalized spacial score (nSPS) is 15.7. The molecule has 0 spiro atoms. The molecule has 0 bridgehead atoms. The maximum absolute atomic E-state index is 13.2. The first kappa shape index (κ1) is 24.2. The van der Waals surface area contributed by atoms with Crippen molar-refractivity contribution >= 4 is 40.3 Å². The highest BCUT2D eigenvalue weighted by Gasteiger charge is 2.33. The number of benzene rings is 3. The van der Waals surface area contributed by atoms with Crippen LogP contribution in [0.5, 0.6) is 5.75 Å². The van der Waals surface area contributed by atoms with E-state index < -0.39 is 4.92 Å². The fourth-order valence-electron chi connectivity index (χ4n) is 3.49. The van der Waals surface area contributed by atoms with Crippen LogP contribution in [-0.4, -0.2) is 27.4 Å². The van der Waals surface area contributed by atoms with Crippen LogP contribution in [0.25, 0.3) is 6.08 Å². The number of nitro benzene ring substituents is 1. The predicted molar refractivity (Wildman–Crippen MR) is 140 cm³/mol. The van der Waals surface area contributed by atoms with Crippen molar-refractivity contribution in [3.8, 4) is 5.75 Å². The third-order valence-electron chi connectivity index (χ3n) is 5.34. The van der Waals surface area contributed by atoms with Crippen molar-refractivity contribution in [1.29, 1.82) is 0 Å². The molecule has 0 radical (unpaired) electrons. The van der Waals surface area contributed by atoms with E-state index in [1.165, 1.54) is 23.9 Å². The molecule has 1 aliphatic heterocycles. The van der Waals surface area contributed by atoms with Crippen LogP contribution in [0, 0.1) is 17.0 Å².